The summed E-state index contributed by atoms with van der Waals surface area (Å²) in [7, 11) is 0. The Morgan fingerprint density at radius 1 is 1.14 bits per heavy atom. The maximum atomic E-state index is 9.55. The molecule has 2 aromatic rings. The van der Waals surface area contributed by atoms with Gasteiger partial charge < -0.3 is 20.7 Å². The van der Waals surface area contributed by atoms with E-state index in [-0.39, 0.29) is 12.3 Å². The zero-order valence-electron chi connectivity index (χ0n) is 16.4. The summed E-state index contributed by atoms with van der Waals surface area (Å²) in [6.07, 6.45) is 8.77. The third-order valence-corrected chi connectivity index (χ3v) is 5.37. The number of aromatic nitrogens is 1. The lowest BCUT2D eigenvalue weighted by Crippen LogP contribution is -2.43. The van der Waals surface area contributed by atoms with Gasteiger partial charge in [-0.3, -0.25) is 4.98 Å². The fourth-order valence-electron chi connectivity index (χ4n) is 3.82. The SMILES string of the molecule is N=C(CO)C1=C(N2CCNCC2)CC(c2ccnc(/C=C/c3ccccc3)c2)=C1. The summed E-state index contributed by atoms with van der Waals surface area (Å²) in [5.74, 6) is 0. The molecule has 5 nitrogen and oxygen atoms in total. The molecular formula is C24H26N4O. The molecule has 4 rings (SSSR count). The van der Waals surface area contributed by atoms with E-state index in [2.05, 4.69) is 45.6 Å². The van der Waals surface area contributed by atoms with Crippen molar-refractivity contribution in [3.63, 3.8) is 0 Å². The second-order valence-electron chi connectivity index (χ2n) is 7.29. The number of hydrogen-bond acceptors (Lipinski definition) is 5. The lowest BCUT2D eigenvalue weighted by Gasteiger charge is -2.31. The number of hydrogen-bond donors (Lipinski definition) is 3. The summed E-state index contributed by atoms with van der Waals surface area (Å²) >= 11 is 0. The molecule has 3 N–H and O–H groups in total. The normalized spacial score (nSPS) is 17.1. The van der Waals surface area contributed by atoms with E-state index in [9.17, 15) is 5.11 Å². The van der Waals surface area contributed by atoms with Gasteiger partial charge in [-0.2, -0.15) is 0 Å². The number of benzene rings is 1. The maximum absolute atomic E-state index is 9.55. The highest BCUT2D eigenvalue weighted by atomic mass is 16.3. The number of pyridine rings is 1. The summed E-state index contributed by atoms with van der Waals surface area (Å²) in [5, 5.41) is 21.1. The molecule has 148 valence electrons. The van der Waals surface area contributed by atoms with E-state index in [1.54, 1.807) is 0 Å². The average Bonchev–Trinajstić information content (AvgIpc) is 3.24. The number of nitrogens with zero attached hydrogens (tertiary/aromatic N) is 2. The Labute approximate surface area is 171 Å². The molecule has 0 amide bonds. The molecule has 0 spiro atoms. The fourth-order valence-corrected chi connectivity index (χ4v) is 3.82. The van der Waals surface area contributed by atoms with Gasteiger partial charge in [-0.15, -0.1) is 0 Å². The third kappa shape index (κ3) is 4.53. The monoisotopic (exact) mass is 386 g/mol. The van der Waals surface area contributed by atoms with E-state index < -0.39 is 0 Å². The van der Waals surface area contributed by atoms with Crippen LogP contribution in [0.1, 0.15) is 23.2 Å². The Hall–Kier alpha value is -3.02. The van der Waals surface area contributed by atoms with E-state index in [0.717, 1.165) is 60.7 Å². The number of piperazine rings is 1. The molecule has 0 unspecified atom stereocenters. The Balaban J connectivity index is 1.57. The smallest absolute Gasteiger partial charge is 0.0852 e. The van der Waals surface area contributed by atoms with Crippen LogP contribution >= 0.6 is 0 Å². The minimum absolute atomic E-state index is 0.240. The van der Waals surface area contributed by atoms with Gasteiger partial charge in [-0.1, -0.05) is 36.4 Å². The zero-order valence-corrected chi connectivity index (χ0v) is 16.4. The zero-order chi connectivity index (χ0) is 20.1. The summed E-state index contributed by atoms with van der Waals surface area (Å²) in [4.78, 5) is 6.82. The van der Waals surface area contributed by atoms with E-state index in [0.29, 0.717) is 0 Å². The van der Waals surface area contributed by atoms with E-state index in [4.69, 9.17) is 5.41 Å². The fraction of sp³-hybridized carbons (Fsp3) is 0.250. The molecule has 29 heavy (non-hydrogen) atoms. The topological polar surface area (TPSA) is 72.2 Å². The Bertz CT molecular complexity index is 969. The number of aliphatic hydroxyl groups excluding tert-OH is 1. The Morgan fingerprint density at radius 2 is 1.93 bits per heavy atom. The summed E-state index contributed by atoms with van der Waals surface area (Å²) in [6, 6.07) is 14.3. The molecule has 1 aromatic carbocycles. The van der Waals surface area contributed by atoms with Crippen LogP contribution in [0.4, 0.5) is 0 Å². The highest BCUT2D eigenvalue weighted by Crippen LogP contribution is 2.35. The summed E-state index contributed by atoms with van der Waals surface area (Å²) < 4.78 is 0. The molecule has 1 aromatic heterocycles. The van der Waals surface area contributed by atoms with Gasteiger partial charge >= 0.3 is 0 Å². The Kier molecular flexibility index (Phi) is 5.98. The van der Waals surface area contributed by atoms with Gasteiger partial charge in [0.1, 0.15) is 0 Å². The van der Waals surface area contributed by atoms with Crippen molar-refractivity contribution >= 4 is 23.4 Å². The van der Waals surface area contributed by atoms with Crippen LogP contribution in [0.2, 0.25) is 0 Å². The second kappa shape index (κ2) is 8.99. The molecule has 0 atom stereocenters. The van der Waals surface area contributed by atoms with E-state index in [1.165, 1.54) is 5.57 Å². The summed E-state index contributed by atoms with van der Waals surface area (Å²) in [5.41, 5.74) is 6.63. The van der Waals surface area contributed by atoms with Gasteiger partial charge in [-0.05, 0) is 41.0 Å². The average molecular weight is 386 g/mol. The van der Waals surface area contributed by atoms with Crippen molar-refractivity contribution in [2.75, 3.05) is 32.8 Å². The molecule has 1 fully saturated rings. The first-order valence-corrected chi connectivity index (χ1v) is 10.0. The van der Waals surface area contributed by atoms with Crippen molar-refractivity contribution in [3.8, 4) is 0 Å². The Morgan fingerprint density at radius 3 is 2.69 bits per heavy atom. The molecule has 5 heteroatoms. The molecule has 1 aliphatic heterocycles. The van der Waals surface area contributed by atoms with Crippen LogP contribution in [-0.2, 0) is 0 Å². The number of allylic oxidation sites excluding steroid dienone is 2. The molecule has 0 radical (unpaired) electrons. The highest BCUT2D eigenvalue weighted by Gasteiger charge is 2.25. The van der Waals surface area contributed by atoms with Crippen molar-refractivity contribution in [1.82, 2.24) is 15.2 Å². The van der Waals surface area contributed by atoms with Crippen LogP contribution in [0.5, 0.6) is 0 Å². The molecule has 0 saturated carbocycles. The van der Waals surface area contributed by atoms with Crippen LogP contribution in [0.25, 0.3) is 17.7 Å². The number of nitrogens with one attached hydrogen (secondary N) is 2. The quantitative estimate of drug-likeness (QED) is 0.667. The van der Waals surface area contributed by atoms with Crippen molar-refractivity contribution in [2.45, 2.75) is 6.42 Å². The molecule has 0 bridgehead atoms. The lowest BCUT2D eigenvalue weighted by atomic mass is 10.0. The van der Waals surface area contributed by atoms with Crippen LogP contribution in [0.15, 0.2) is 66.0 Å². The van der Waals surface area contributed by atoms with Crippen LogP contribution in [0.3, 0.4) is 0 Å². The largest absolute Gasteiger partial charge is 0.390 e. The summed E-state index contributed by atoms with van der Waals surface area (Å²) in [6.45, 7) is 3.51. The molecule has 2 aliphatic rings. The van der Waals surface area contributed by atoms with Crippen molar-refractivity contribution < 1.29 is 5.11 Å². The van der Waals surface area contributed by atoms with Gasteiger partial charge in [-0.25, -0.2) is 0 Å². The van der Waals surface area contributed by atoms with Crippen molar-refractivity contribution in [2.24, 2.45) is 0 Å². The first kappa shape index (κ1) is 19.3. The van der Waals surface area contributed by atoms with Gasteiger partial charge in [0, 0.05) is 50.1 Å². The van der Waals surface area contributed by atoms with Gasteiger partial charge in [0.2, 0.25) is 0 Å². The van der Waals surface area contributed by atoms with Crippen LogP contribution < -0.4 is 5.32 Å². The predicted molar refractivity (Wildman–Crippen MR) is 118 cm³/mol. The number of aliphatic hydroxyl groups is 1. The standard InChI is InChI=1S/C24H26N4O/c25-23(17-29)22-15-20(16-24(22)28-12-10-26-11-13-28)19-8-9-27-21(14-19)7-6-18-4-2-1-3-5-18/h1-9,14-15,25-26,29H,10-13,16-17H2/b7-6+,25-23?. The number of rotatable bonds is 6. The second-order valence-corrected chi connectivity index (χ2v) is 7.29. The van der Waals surface area contributed by atoms with Gasteiger partial charge in [0.25, 0.3) is 0 Å². The highest BCUT2D eigenvalue weighted by molar-refractivity contribution is 6.05. The van der Waals surface area contributed by atoms with Gasteiger partial charge in [0.05, 0.1) is 18.0 Å². The first-order valence-electron chi connectivity index (χ1n) is 10.0. The lowest BCUT2D eigenvalue weighted by molar-refractivity contribution is 0.295. The maximum Gasteiger partial charge on any atom is 0.0852 e. The molecule has 2 heterocycles. The minimum atomic E-state index is -0.240. The van der Waals surface area contributed by atoms with Crippen LogP contribution in [0, 0.1) is 5.41 Å². The third-order valence-electron chi connectivity index (χ3n) is 5.37. The van der Waals surface area contributed by atoms with E-state index in [1.807, 2.05) is 36.5 Å². The molecule has 1 saturated heterocycles. The molecule has 1 aliphatic carbocycles. The van der Waals surface area contributed by atoms with Crippen LogP contribution in [-0.4, -0.2) is 53.5 Å². The van der Waals surface area contributed by atoms with Crippen molar-refractivity contribution in [1.29, 1.82) is 5.41 Å². The molecular weight excluding hydrogens is 360 g/mol. The van der Waals surface area contributed by atoms with E-state index >= 15 is 0 Å². The predicted octanol–water partition coefficient (Wildman–Crippen LogP) is 3.21. The first-order chi connectivity index (χ1) is 14.2. The minimum Gasteiger partial charge on any atom is -0.390 e. The van der Waals surface area contributed by atoms with Gasteiger partial charge in [0.15, 0.2) is 0 Å². The van der Waals surface area contributed by atoms with Crippen molar-refractivity contribution in [3.05, 3.63) is 82.8 Å².